The molecule has 6 heteroatoms. The number of hydrogen-bond acceptors (Lipinski definition) is 4. The van der Waals surface area contributed by atoms with Crippen molar-refractivity contribution in [2.75, 3.05) is 5.32 Å². The summed E-state index contributed by atoms with van der Waals surface area (Å²) in [5.74, 6) is 0.608. The molecule has 1 N–H and O–H groups in total. The second-order valence-electron chi connectivity index (χ2n) is 6.10. The van der Waals surface area contributed by atoms with Gasteiger partial charge >= 0.3 is 0 Å². The van der Waals surface area contributed by atoms with Crippen LogP contribution in [0.2, 0.25) is 0 Å². The number of nitrogens with zero attached hydrogens (tertiary/aromatic N) is 4. The fourth-order valence-corrected chi connectivity index (χ4v) is 2.68. The molecule has 0 radical (unpaired) electrons. The molecule has 6 nitrogen and oxygen atoms in total. The number of anilines is 1. The van der Waals surface area contributed by atoms with Crippen LogP contribution in [0.15, 0.2) is 67.0 Å². The minimum Gasteiger partial charge on any atom is -0.331 e. The SMILES string of the molecule is [2H]c1c([2H])c([2H])c(/C=C/C(=O)Nc2cc3cc(-c4cnc(C)n4C)cnc3cn2)c([2H])c1[2H]. The summed E-state index contributed by atoms with van der Waals surface area (Å²) < 4.78 is 40.8. The van der Waals surface area contributed by atoms with Gasteiger partial charge in [0.2, 0.25) is 5.91 Å². The molecular formula is C22H19N5O. The molecule has 0 unspecified atom stereocenters. The van der Waals surface area contributed by atoms with Crippen molar-refractivity contribution in [1.29, 1.82) is 0 Å². The largest absolute Gasteiger partial charge is 0.331 e. The number of rotatable bonds is 4. The summed E-state index contributed by atoms with van der Waals surface area (Å²) in [5.41, 5.74) is 2.37. The third-order valence-electron chi connectivity index (χ3n) is 4.26. The highest BCUT2D eigenvalue weighted by atomic mass is 16.1. The van der Waals surface area contributed by atoms with E-state index in [4.69, 9.17) is 6.85 Å². The van der Waals surface area contributed by atoms with E-state index in [1.54, 1.807) is 24.7 Å². The van der Waals surface area contributed by atoms with Crippen LogP contribution in [0.3, 0.4) is 0 Å². The lowest BCUT2D eigenvalue weighted by Gasteiger charge is -2.07. The van der Waals surface area contributed by atoms with Crippen LogP contribution in [-0.4, -0.2) is 25.4 Å². The van der Waals surface area contributed by atoms with Gasteiger partial charge in [0, 0.05) is 30.3 Å². The zero-order chi connectivity index (χ0) is 23.9. The van der Waals surface area contributed by atoms with Crippen molar-refractivity contribution in [3.63, 3.8) is 0 Å². The minimum absolute atomic E-state index is 0.0667. The summed E-state index contributed by atoms with van der Waals surface area (Å²) in [6.07, 6.45) is 7.35. The minimum atomic E-state index is -0.556. The first-order valence-corrected chi connectivity index (χ1v) is 8.48. The maximum atomic E-state index is 12.4. The molecule has 138 valence electrons. The van der Waals surface area contributed by atoms with Crippen LogP contribution in [0.1, 0.15) is 18.2 Å². The normalized spacial score (nSPS) is 13.7. The van der Waals surface area contributed by atoms with E-state index in [1.165, 1.54) is 6.08 Å². The smallest absolute Gasteiger partial charge is 0.249 e. The molecular weight excluding hydrogens is 350 g/mol. The molecule has 4 aromatic rings. The Kier molecular flexibility index (Phi) is 3.34. The summed E-state index contributed by atoms with van der Waals surface area (Å²) in [6.45, 7) is 1.91. The van der Waals surface area contributed by atoms with Gasteiger partial charge in [0.1, 0.15) is 11.6 Å². The molecule has 0 aliphatic heterocycles. The van der Waals surface area contributed by atoms with E-state index in [0.29, 0.717) is 11.3 Å². The fraction of sp³-hybridized carbons (Fsp3) is 0.0909. The highest BCUT2D eigenvalue weighted by Gasteiger charge is 2.08. The third kappa shape index (κ3) is 3.66. The second-order valence-corrected chi connectivity index (χ2v) is 6.10. The number of imidazole rings is 1. The van der Waals surface area contributed by atoms with E-state index in [1.807, 2.05) is 24.6 Å². The van der Waals surface area contributed by atoms with Crippen LogP contribution in [0.25, 0.3) is 28.2 Å². The van der Waals surface area contributed by atoms with Crippen LogP contribution in [0.5, 0.6) is 0 Å². The number of hydrogen-bond donors (Lipinski definition) is 1. The van der Waals surface area contributed by atoms with Gasteiger partial charge in [-0.1, -0.05) is 30.2 Å². The van der Waals surface area contributed by atoms with Gasteiger partial charge < -0.3 is 9.88 Å². The molecule has 0 atom stereocenters. The van der Waals surface area contributed by atoms with Crippen LogP contribution in [0.4, 0.5) is 5.82 Å². The molecule has 0 bridgehead atoms. The predicted molar refractivity (Wildman–Crippen MR) is 111 cm³/mol. The Balaban J connectivity index is 1.59. The topological polar surface area (TPSA) is 72.7 Å². The molecule has 0 spiro atoms. The van der Waals surface area contributed by atoms with Gasteiger partial charge in [-0.3, -0.25) is 9.78 Å². The maximum Gasteiger partial charge on any atom is 0.249 e. The quantitative estimate of drug-likeness (QED) is 0.548. The first-order chi connectivity index (χ1) is 15.7. The van der Waals surface area contributed by atoms with E-state index in [0.717, 1.165) is 28.5 Å². The average molecular weight is 374 g/mol. The first kappa shape index (κ1) is 12.6. The standard InChI is InChI=1S/C22H19N5O/c1-15-23-14-20(27(15)2)18-10-17-11-21(25-13-19(17)24-12-18)26-22(28)9-8-16-6-4-3-5-7-16/h3-14H,1-2H3,(H,25,26,28)/b9-8+/i3D,4D,5D,6D,7D. The molecule has 4 rings (SSSR count). The van der Waals surface area contributed by atoms with Gasteiger partial charge in [-0.2, -0.15) is 0 Å². The van der Waals surface area contributed by atoms with Gasteiger partial charge in [-0.25, -0.2) is 9.97 Å². The average Bonchev–Trinajstić information content (AvgIpc) is 3.14. The van der Waals surface area contributed by atoms with Crippen molar-refractivity contribution < 1.29 is 11.6 Å². The lowest BCUT2D eigenvalue weighted by atomic mass is 10.1. The molecule has 28 heavy (non-hydrogen) atoms. The molecule has 0 fully saturated rings. The van der Waals surface area contributed by atoms with Gasteiger partial charge in [0.05, 0.1) is 30.5 Å². The Morgan fingerprint density at radius 1 is 1.11 bits per heavy atom. The van der Waals surface area contributed by atoms with Crippen molar-refractivity contribution in [2.45, 2.75) is 6.92 Å². The lowest BCUT2D eigenvalue weighted by Crippen LogP contribution is -2.09. The maximum absolute atomic E-state index is 12.4. The van der Waals surface area contributed by atoms with Crippen LogP contribution < -0.4 is 5.32 Å². The van der Waals surface area contributed by atoms with Crippen molar-refractivity contribution in [2.24, 2.45) is 7.05 Å². The van der Waals surface area contributed by atoms with E-state index in [-0.39, 0.29) is 17.6 Å². The van der Waals surface area contributed by atoms with Crippen LogP contribution in [-0.2, 0) is 11.8 Å². The molecule has 0 aliphatic rings. The number of nitrogens with one attached hydrogen (secondary N) is 1. The van der Waals surface area contributed by atoms with E-state index >= 15 is 0 Å². The van der Waals surface area contributed by atoms with Crippen molar-refractivity contribution in [3.8, 4) is 11.3 Å². The number of aromatic nitrogens is 4. The van der Waals surface area contributed by atoms with Gasteiger partial charge in [0.25, 0.3) is 0 Å². The fourth-order valence-electron chi connectivity index (χ4n) is 2.68. The number of aryl methyl sites for hydroxylation is 1. The van der Waals surface area contributed by atoms with Crippen molar-refractivity contribution in [1.82, 2.24) is 19.5 Å². The second kappa shape index (κ2) is 7.44. The Hall–Kier alpha value is -3.80. The number of benzene rings is 1. The van der Waals surface area contributed by atoms with Crippen LogP contribution >= 0.6 is 0 Å². The van der Waals surface area contributed by atoms with Crippen molar-refractivity contribution >= 4 is 28.7 Å². The Labute approximate surface area is 169 Å². The number of fused-ring (bicyclic) bond motifs is 1. The molecule has 0 saturated heterocycles. The zero-order valence-electron chi connectivity index (χ0n) is 20.2. The Morgan fingerprint density at radius 2 is 1.93 bits per heavy atom. The number of amides is 1. The van der Waals surface area contributed by atoms with Crippen LogP contribution in [0, 0.1) is 6.92 Å². The molecule has 0 aliphatic carbocycles. The molecule has 3 heterocycles. The zero-order valence-corrected chi connectivity index (χ0v) is 15.2. The summed E-state index contributed by atoms with van der Waals surface area (Å²) in [4.78, 5) is 25.3. The summed E-state index contributed by atoms with van der Waals surface area (Å²) in [6, 6.07) is 1.46. The highest BCUT2D eigenvalue weighted by molar-refractivity contribution is 6.02. The molecule has 1 amide bonds. The summed E-state index contributed by atoms with van der Waals surface area (Å²) in [7, 11) is 1.92. The summed E-state index contributed by atoms with van der Waals surface area (Å²) >= 11 is 0. The van der Waals surface area contributed by atoms with Gasteiger partial charge in [-0.15, -0.1) is 0 Å². The highest BCUT2D eigenvalue weighted by Crippen LogP contribution is 2.24. The Morgan fingerprint density at radius 3 is 2.68 bits per heavy atom. The third-order valence-corrected chi connectivity index (χ3v) is 4.26. The Bertz CT molecular complexity index is 1420. The monoisotopic (exact) mass is 374 g/mol. The number of pyridine rings is 2. The molecule has 1 aromatic carbocycles. The van der Waals surface area contributed by atoms with E-state index in [2.05, 4.69) is 20.3 Å². The molecule has 3 aromatic heterocycles. The number of carbonyl (C=O) groups excluding carboxylic acids is 1. The lowest BCUT2D eigenvalue weighted by molar-refractivity contribution is -0.111. The summed E-state index contributed by atoms with van der Waals surface area (Å²) in [5, 5.41) is 3.39. The predicted octanol–water partition coefficient (Wildman–Crippen LogP) is 3.99. The van der Waals surface area contributed by atoms with E-state index in [9.17, 15) is 4.79 Å². The van der Waals surface area contributed by atoms with E-state index < -0.39 is 24.0 Å². The first-order valence-electron chi connectivity index (χ1n) is 11.0. The number of carbonyl (C=O) groups is 1. The van der Waals surface area contributed by atoms with Gasteiger partial charge in [0.15, 0.2) is 0 Å². The van der Waals surface area contributed by atoms with Gasteiger partial charge in [-0.05, 0) is 30.7 Å². The molecule has 0 saturated carbocycles. The van der Waals surface area contributed by atoms with Crippen molar-refractivity contribution in [3.05, 3.63) is 78.4 Å².